The van der Waals surface area contributed by atoms with E-state index in [1.165, 1.54) is 11.1 Å². The van der Waals surface area contributed by atoms with Crippen molar-refractivity contribution < 1.29 is 19.1 Å². The molecule has 248 valence electrons. The number of rotatable bonds is 6. The molecule has 3 amide bonds. The summed E-state index contributed by atoms with van der Waals surface area (Å²) < 4.78 is 6.00. The summed E-state index contributed by atoms with van der Waals surface area (Å²) in [6.07, 6.45) is 12.0. The fraction of sp³-hybridized carbons (Fsp3) is 0.625. The van der Waals surface area contributed by atoms with E-state index in [1.54, 1.807) is 25.1 Å². The summed E-state index contributed by atoms with van der Waals surface area (Å²) in [6.45, 7) is 13.4. The number of carbonyl (C=O) groups is 3. The summed E-state index contributed by atoms with van der Waals surface area (Å²) in [7, 11) is 3.42. The molecule has 0 spiro atoms. The van der Waals surface area contributed by atoms with Gasteiger partial charge in [-0.1, -0.05) is 51.4 Å². The minimum atomic E-state index is -0.793. The standard InChI is InChI=1S/C28H41ClN4O4.C2H6.CN.CH3.Fm/c1-19(2)15-23-27(35)33(4)24(17-20-16-21(29)18-30-26(20)37-22-12-13-22)28(36)32(3)14-10-8-6-5-7-9-11-25(34)31-23;2*1-2;;/h5,7,16,18-19,22-24H,6,8-15,17H2,1-4H3,(H,31,34);1-2H3;;1H3;/q;;2*-1;/b7-5-;;;;. The van der Waals surface area contributed by atoms with Crippen molar-refractivity contribution in [2.75, 3.05) is 20.6 Å². The average Bonchev–Trinajstić information content (AvgIpc) is 3.78. The number of allylic oxidation sites excluding steroid dienone is 2. The molecule has 0 aromatic carbocycles. The van der Waals surface area contributed by atoms with Crippen molar-refractivity contribution in [1.29, 1.82) is 5.26 Å². The summed E-state index contributed by atoms with van der Waals surface area (Å²) >= 11 is 6.27. The van der Waals surface area contributed by atoms with Gasteiger partial charge in [0.1, 0.15) is 18.2 Å². The van der Waals surface area contributed by atoms with Crippen LogP contribution in [-0.4, -0.2) is 71.3 Å². The van der Waals surface area contributed by atoms with Gasteiger partial charge in [0.05, 0.1) is 5.02 Å². The number of nitrogens with one attached hydrogen (secondary N) is 1. The van der Waals surface area contributed by atoms with Crippen LogP contribution in [0.1, 0.15) is 84.6 Å². The smallest absolute Gasteiger partial charge is 0.245 e. The van der Waals surface area contributed by atoms with E-state index in [1.807, 2.05) is 33.8 Å². The fourth-order valence-electron chi connectivity index (χ4n) is 4.45. The van der Waals surface area contributed by atoms with E-state index in [4.69, 9.17) is 28.2 Å². The van der Waals surface area contributed by atoms with Gasteiger partial charge in [0, 0.05) is 45.2 Å². The first-order valence-corrected chi connectivity index (χ1v) is 15.0. The third-order valence-electron chi connectivity index (χ3n) is 6.74. The zero-order chi connectivity index (χ0) is 30.9. The number of amides is 3. The molecule has 11 heteroatoms. The maximum absolute atomic E-state index is 13.8. The van der Waals surface area contributed by atoms with Gasteiger partial charge in [-0.05, 0) is 56.9 Å². The first-order valence-electron chi connectivity index (χ1n) is 14.6. The third-order valence-corrected chi connectivity index (χ3v) is 6.95. The summed E-state index contributed by atoms with van der Waals surface area (Å²) in [5.74, 6) is 0.0275. The molecule has 2 aliphatic rings. The number of aromatic nitrogens is 1. The number of halogens is 1. The Hall–Kier alpha value is -4.12. The Balaban J connectivity index is 0. The number of hydrogen-bond donors (Lipinski definition) is 1. The van der Waals surface area contributed by atoms with Crippen LogP contribution < -0.4 is 10.1 Å². The van der Waals surface area contributed by atoms with Gasteiger partial charge in [0.25, 0.3) is 0 Å². The maximum Gasteiger partial charge on any atom is 0.245 e. The molecule has 43 heavy (non-hydrogen) atoms. The molecule has 0 saturated heterocycles. The monoisotopic (exact) mass is 860 g/mol. The van der Waals surface area contributed by atoms with Crippen LogP contribution in [0.15, 0.2) is 24.4 Å². The van der Waals surface area contributed by atoms with E-state index in [0.29, 0.717) is 42.3 Å². The number of hydrogen-bond acceptors (Lipinski definition) is 6. The molecule has 1 N–H and O–H groups in total. The SMILES string of the molecule is CC.CC(C)CC1NC(=O)CC/C=C\CCCCN(C)C(=O)C(Cc2cc(Cl)cnc2OC2CC2)N(C)C1=O.[C-]#N.[CH3-].[Fm]. The molecule has 3 rings (SSSR count). The van der Waals surface area contributed by atoms with Gasteiger partial charge in [0.2, 0.25) is 23.6 Å². The zero-order valence-electron chi connectivity index (χ0n) is 26.8. The first kappa shape index (κ1) is 41.0. The molecule has 0 radical (unpaired) electrons. The second kappa shape index (κ2) is 21.6. The second-order valence-electron chi connectivity index (χ2n) is 10.6. The van der Waals surface area contributed by atoms with Gasteiger partial charge in [0.15, 0.2) is 0 Å². The van der Waals surface area contributed by atoms with Gasteiger partial charge in [-0.15, -0.1) is 0 Å². The summed E-state index contributed by atoms with van der Waals surface area (Å²) in [6, 6.07) is 0.254. The molecule has 1 aromatic heterocycles. The quantitative estimate of drug-likeness (QED) is 0.289. The van der Waals surface area contributed by atoms with Crippen LogP contribution >= 0.6 is 11.6 Å². The Morgan fingerprint density at radius 3 is 2.33 bits per heavy atom. The van der Waals surface area contributed by atoms with Crippen LogP contribution in [0.2, 0.25) is 5.02 Å². The molecular formula is C32H50ClFmN5O4-2. The zero-order valence-corrected chi connectivity index (χ0v) is 29.9. The maximum atomic E-state index is 13.8. The molecule has 9 nitrogen and oxygen atoms in total. The van der Waals surface area contributed by atoms with Crippen LogP contribution in [0.5, 0.6) is 5.88 Å². The van der Waals surface area contributed by atoms with Gasteiger partial charge < -0.3 is 39.1 Å². The molecule has 1 saturated carbocycles. The van der Waals surface area contributed by atoms with Gasteiger partial charge in [-0.25, -0.2) is 4.98 Å². The van der Waals surface area contributed by atoms with E-state index < -0.39 is 12.1 Å². The number of pyridine rings is 1. The summed E-state index contributed by atoms with van der Waals surface area (Å²) in [4.78, 5) is 47.7. The van der Waals surface area contributed by atoms with Gasteiger partial charge in [-0.3, -0.25) is 14.4 Å². The van der Waals surface area contributed by atoms with Crippen molar-refractivity contribution >= 4 is 29.3 Å². The number of nitrogens with zero attached hydrogens (tertiary/aromatic N) is 4. The minimum absolute atomic E-state index is 0. The molecule has 2 unspecified atom stereocenters. The van der Waals surface area contributed by atoms with Crippen molar-refractivity contribution in [2.45, 2.75) is 104 Å². The van der Waals surface area contributed by atoms with Crippen LogP contribution in [-0.2, 0) is 20.8 Å². The molecule has 1 aromatic rings. The third kappa shape index (κ3) is 14.1. The topological polar surface area (TPSA) is 116 Å². The molecule has 1 aliphatic carbocycles. The van der Waals surface area contributed by atoms with E-state index >= 15 is 0 Å². The minimum Gasteiger partial charge on any atom is -0.512 e. The predicted molar refractivity (Wildman–Crippen MR) is 167 cm³/mol. The molecule has 1 aliphatic heterocycles. The largest absolute Gasteiger partial charge is 0.512 e. The molecular weight excluding hydrogens is 811 g/mol. The number of carbonyl (C=O) groups excluding carboxylic acids is 3. The number of ether oxygens (including phenoxy) is 1. The van der Waals surface area contributed by atoms with Crippen molar-refractivity contribution in [3.8, 4) is 5.88 Å². The van der Waals surface area contributed by atoms with Crippen molar-refractivity contribution in [1.82, 2.24) is 20.1 Å². The Kier molecular flexibility index (Phi) is 20.6. The molecule has 0 bridgehead atoms. The Morgan fingerprint density at radius 2 is 1.72 bits per heavy atom. The fourth-order valence-corrected chi connectivity index (χ4v) is 4.63. The Morgan fingerprint density at radius 1 is 1.09 bits per heavy atom. The molecule has 2 atom stereocenters. The van der Waals surface area contributed by atoms with Crippen LogP contribution in [0, 0.1) is 25.2 Å². The predicted octanol–water partition coefficient (Wildman–Crippen LogP) is 5.73. The average molecular weight is 861 g/mol. The molecule has 1 fully saturated rings. The number of likely N-dealkylation sites (N-methyl/N-ethyl adjacent to an activating group) is 2. The van der Waals surface area contributed by atoms with Crippen molar-refractivity contribution in [3.05, 3.63) is 49.0 Å². The van der Waals surface area contributed by atoms with Crippen molar-refractivity contribution in [3.63, 3.8) is 0 Å². The van der Waals surface area contributed by atoms with Gasteiger partial charge in [-0.2, -0.15) is 0 Å². The molecule has 2 heterocycles. The summed E-state index contributed by atoms with van der Waals surface area (Å²) in [5, 5.41) is 9.62. The van der Waals surface area contributed by atoms with Gasteiger partial charge >= 0.3 is 0 Å². The van der Waals surface area contributed by atoms with Crippen LogP contribution in [0.25, 0.3) is 0 Å². The van der Waals surface area contributed by atoms with E-state index in [2.05, 4.69) is 16.4 Å². The summed E-state index contributed by atoms with van der Waals surface area (Å²) in [5.41, 5.74) is 0.690. The van der Waals surface area contributed by atoms with E-state index in [0.717, 1.165) is 32.1 Å². The Labute approximate surface area is 258 Å². The van der Waals surface area contributed by atoms with E-state index in [-0.39, 0.29) is 43.6 Å². The van der Waals surface area contributed by atoms with Crippen LogP contribution in [0.3, 0.4) is 0 Å². The normalized spacial score (nSPS) is 20.7. The second-order valence-corrected chi connectivity index (χ2v) is 11.1. The first-order chi connectivity index (χ1) is 19.7. The van der Waals surface area contributed by atoms with E-state index in [9.17, 15) is 14.4 Å². The van der Waals surface area contributed by atoms with Crippen molar-refractivity contribution in [2.24, 2.45) is 5.92 Å². The Bertz CT molecular complexity index is 1030. The van der Waals surface area contributed by atoms with Crippen LogP contribution in [0.4, 0.5) is 0 Å².